The quantitative estimate of drug-likeness (QED) is 0.497. The highest BCUT2D eigenvalue weighted by molar-refractivity contribution is 8.39. The number of thioether (sulfide) groups is 2. The Hall–Kier alpha value is -1.21. The Labute approximate surface area is 107 Å². The Kier molecular flexibility index (Phi) is 4.27. The van der Waals surface area contributed by atoms with Crippen molar-refractivity contribution in [2.75, 3.05) is 11.5 Å². The number of carbonyl (C=O) groups excluding carboxylic acids is 1. The molecule has 1 N–H and O–H groups in total. The molecule has 2 rings (SSSR count). The minimum Gasteiger partial charge on any atom is -0.618 e. The van der Waals surface area contributed by atoms with E-state index >= 15 is 0 Å². The molecule has 0 bridgehead atoms. The van der Waals surface area contributed by atoms with Crippen LogP contribution in [0.5, 0.6) is 0 Å². The molecule has 1 aliphatic heterocycles. The molecule has 1 saturated heterocycles. The second-order valence-corrected chi connectivity index (χ2v) is 5.71. The summed E-state index contributed by atoms with van der Waals surface area (Å²) in [5.74, 6) is 1.56. The molecule has 2 heterocycles. The van der Waals surface area contributed by atoms with Crippen molar-refractivity contribution in [3.8, 4) is 0 Å². The third-order valence-corrected chi connectivity index (χ3v) is 4.41. The van der Waals surface area contributed by atoms with Gasteiger partial charge in [-0.05, 0) is 12.5 Å². The molecule has 0 aliphatic carbocycles. The number of carbonyl (C=O) groups is 1. The van der Waals surface area contributed by atoms with Gasteiger partial charge in [-0.3, -0.25) is 4.79 Å². The zero-order valence-corrected chi connectivity index (χ0v) is 10.6. The van der Waals surface area contributed by atoms with Crippen LogP contribution < -0.4 is 10.2 Å². The lowest BCUT2D eigenvalue weighted by Gasteiger charge is -2.10. The Bertz CT molecular complexity index is 443. The summed E-state index contributed by atoms with van der Waals surface area (Å²) in [5, 5.41) is 15.3. The van der Waals surface area contributed by atoms with Crippen LogP contribution >= 0.6 is 23.5 Å². The first-order chi connectivity index (χ1) is 8.27. The fourth-order valence-corrected chi connectivity index (χ4v) is 3.40. The summed E-state index contributed by atoms with van der Waals surface area (Å²) in [4.78, 5) is 11.7. The highest BCUT2D eigenvalue weighted by Crippen LogP contribution is 2.24. The van der Waals surface area contributed by atoms with E-state index in [-0.39, 0.29) is 5.69 Å². The Morgan fingerprint density at radius 2 is 2.18 bits per heavy atom. The molecule has 1 fully saturated rings. The van der Waals surface area contributed by atoms with Crippen molar-refractivity contribution in [1.29, 1.82) is 0 Å². The number of pyridine rings is 1. The van der Waals surface area contributed by atoms with Gasteiger partial charge in [0.2, 0.25) is 0 Å². The summed E-state index contributed by atoms with van der Waals surface area (Å²) >= 11 is 3.24. The standard InChI is InChI=1S/C10H11N3O2S2/c14-9(8-4-1-2-5-13(8)15)11-12-10-16-6-3-7-17-10/h1-2,4-5H,3,6-7H2,(H,11,14). The van der Waals surface area contributed by atoms with E-state index in [2.05, 4.69) is 10.5 Å². The first-order valence-corrected chi connectivity index (χ1v) is 7.06. The van der Waals surface area contributed by atoms with Gasteiger partial charge in [0.1, 0.15) is 4.38 Å². The van der Waals surface area contributed by atoms with Crippen LogP contribution in [-0.2, 0) is 0 Å². The lowest BCUT2D eigenvalue weighted by molar-refractivity contribution is -0.607. The average molecular weight is 269 g/mol. The second-order valence-electron chi connectivity index (χ2n) is 3.28. The van der Waals surface area contributed by atoms with Gasteiger partial charge in [0.15, 0.2) is 6.20 Å². The van der Waals surface area contributed by atoms with Crippen LogP contribution in [0.25, 0.3) is 0 Å². The van der Waals surface area contributed by atoms with Gasteiger partial charge >= 0.3 is 5.91 Å². The summed E-state index contributed by atoms with van der Waals surface area (Å²) < 4.78 is 1.37. The van der Waals surface area contributed by atoms with E-state index in [4.69, 9.17) is 0 Å². The average Bonchev–Trinajstić information content (AvgIpc) is 2.38. The number of nitrogens with one attached hydrogen (secondary N) is 1. The fraction of sp³-hybridized carbons (Fsp3) is 0.300. The molecular weight excluding hydrogens is 258 g/mol. The van der Waals surface area contributed by atoms with Crippen LogP contribution in [0.15, 0.2) is 29.5 Å². The van der Waals surface area contributed by atoms with Gasteiger partial charge in [-0.15, -0.1) is 0 Å². The van der Waals surface area contributed by atoms with Crippen molar-refractivity contribution < 1.29 is 9.52 Å². The summed E-state index contributed by atoms with van der Waals surface area (Å²) in [7, 11) is 0. The largest absolute Gasteiger partial charge is 0.618 e. The van der Waals surface area contributed by atoms with Gasteiger partial charge in [0, 0.05) is 23.6 Å². The van der Waals surface area contributed by atoms with Crippen LogP contribution in [0.4, 0.5) is 0 Å². The van der Waals surface area contributed by atoms with E-state index in [0.29, 0.717) is 4.73 Å². The van der Waals surface area contributed by atoms with Crippen LogP contribution in [0.1, 0.15) is 16.9 Å². The molecule has 0 saturated carbocycles. The molecular formula is C10H11N3O2S2. The molecule has 17 heavy (non-hydrogen) atoms. The molecule has 90 valence electrons. The third-order valence-electron chi connectivity index (χ3n) is 2.05. The number of hydrogen-bond acceptors (Lipinski definition) is 5. The van der Waals surface area contributed by atoms with Crippen molar-refractivity contribution in [3.63, 3.8) is 0 Å². The molecule has 1 aromatic rings. The number of amides is 1. The first kappa shape index (κ1) is 12.3. The summed E-state index contributed by atoms with van der Waals surface area (Å²) in [6, 6.07) is 4.67. The van der Waals surface area contributed by atoms with Crippen molar-refractivity contribution in [1.82, 2.24) is 5.43 Å². The summed E-state index contributed by atoms with van der Waals surface area (Å²) in [6.45, 7) is 0. The highest BCUT2D eigenvalue weighted by atomic mass is 32.2. The molecule has 1 aromatic heterocycles. The first-order valence-electron chi connectivity index (χ1n) is 5.09. The number of hydrogen-bond donors (Lipinski definition) is 1. The Balaban J connectivity index is 2.00. The van der Waals surface area contributed by atoms with Crippen LogP contribution in [-0.4, -0.2) is 21.8 Å². The van der Waals surface area contributed by atoms with Crippen molar-refractivity contribution >= 4 is 33.8 Å². The molecule has 1 aliphatic rings. The minimum atomic E-state index is -0.486. The molecule has 0 unspecified atom stereocenters. The topological polar surface area (TPSA) is 68.4 Å². The van der Waals surface area contributed by atoms with Crippen LogP contribution in [0.3, 0.4) is 0 Å². The minimum absolute atomic E-state index is 0.0441. The van der Waals surface area contributed by atoms with Gasteiger partial charge < -0.3 is 5.21 Å². The number of rotatable bonds is 2. The summed E-state index contributed by atoms with van der Waals surface area (Å²) in [5.41, 5.74) is 2.44. The van der Waals surface area contributed by atoms with Crippen LogP contribution in [0.2, 0.25) is 0 Å². The SMILES string of the molecule is O=C(NN=C1SCCCS1)c1cccc[n+]1[O-]. The van der Waals surface area contributed by atoms with E-state index in [1.807, 2.05) is 0 Å². The zero-order chi connectivity index (χ0) is 12.1. The lowest BCUT2D eigenvalue weighted by Crippen LogP contribution is -2.37. The maximum absolute atomic E-state index is 11.7. The Morgan fingerprint density at radius 1 is 1.41 bits per heavy atom. The van der Waals surface area contributed by atoms with E-state index in [0.717, 1.165) is 22.3 Å². The molecule has 1 amide bonds. The monoisotopic (exact) mass is 269 g/mol. The lowest BCUT2D eigenvalue weighted by atomic mass is 10.3. The molecule has 0 atom stereocenters. The normalized spacial score (nSPS) is 15.4. The van der Waals surface area contributed by atoms with Crippen molar-refractivity contribution in [3.05, 3.63) is 35.3 Å². The second kappa shape index (κ2) is 5.92. The highest BCUT2D eigenvalue weighted by Gasteiger charge is 2.15. The molecule has 5 nitrogen and oxygen atoms in total. The van der Waals surface area contributed by atoms with Gasteiger partial charge in [-0.1, -0.05) is 23.5 Å². The maximum atomic E-state index is 11.7. The molecule has 0 aromatic carbocycles. The smallest absolute Gasteiger partial charge is 0.337 e. The Morgan fingerprint density at radius 3 is 2.88 bits per heavy atom. The third kappa shape index (κ3) is 3.37. The molecule has 7 heteroatoms. The van der Waals surface area contributed by atoms with Gasteiger partial charge in [-0.2, -0.15) is 9.83 Å². The predicted molar refractivity (Wildman–Crippen MR) is 69.8 cm³/mol. The van der Waals surface area contributed by atoms with E-state index < -0.39 is 5.91 Å². The van der Waals surface area contributed by atoms with E-state index in [9.17, 15) is 10.0 Å². The van der Waals surface area contributed by atoms with E-state index in [1.54, 1.807) is 35.7 Å². The molecule has 0 spiro atoms. The van der Waals surface area contributed by atoms with Gasteiger partial charge in [0.25, 0.3) is 5.69 Å². The van der Waals surface area contributed by atoms with Crippen molar-refractivity contribution in [2.45, 2.75) is 6.42 Å². The number of aromatic nitrogens is 1. The zero-order valence-electron chi connectivity index (χ0n) is 8.96. The predicted octanol–water partition coefficient (Wildman–Crippen LogP) is 1.19. The van der Waals surface area contributed by atoms with Gasteiger partial charge in [-0.25, -0.2) is 5.43 Å². The van der Waals surface area contributed by atoms with E-state index in [1.165, 1.54) is 12.3 Å². The summed E-state index contributed by atoms with van der Waals surface area (Å²) in [6.07, 6.45) is 2.44. The maximum Gasteiger partial charge on any atom is 0.337 e. The fourth-order valence-electron chi connectivity index (χ4n) is 1.24. The number of nitrogens with zero attached hydrogens (tertiary/aromatic N) is 2. The van der Waals surface area contributed by atoms with Crippen LogP contribution in [0, 0.1) is 5.21 Å². The number of hydrazone groups is 1. The molecule has 0 radical (unpaired) electrons. The van der Waals surface area contributed by atoms with Gasteiger partial charge in [0.05, 0.1) is 0 Å². The van der Waals surface area contributed by atoms with Crippen molar-refractivity contribution in [2.24, 2.45) is 5.10 Å².